The zero-order chi connectivity index (χ0) is 20.1. The molecule has 1 amide bonds. The first-order valence-electron chi connectivity index (χ1n) is 8.11. The number of alkyl halides is 1. The van der Waals surface area contributed by atoms with Crippen LogP contribution in [0.4, 0.5) is 5.69 Å². The molecule has 3 rings (SSSR count). The molecule has 28 heavy (non-hydrogen) atoms. The summed E-state index contributed by atoms with van der Waals surface area (Å²) in [6.45, 7) is 0. The van der Waals surface area contributed by atoms with E-state index in [-0.39, 0.29) is 5.91 Å². The number of ether oxygens (including phenoxy) is 2. The average molecular weight is 436 g/mol. The Morgan fingerprint density at radius 3 is 2.68 bits per heavy atom. The number of thiophene rings is 1. The maximum absolute atomic E-state index is 12.6. The monoisotopic (exact) mass is 435 g/mol. The smallest absolute Gasteiger partial charge is 0.351 e. The van der Waals surface area contributed by atoms with Gasteiger partial charge in [0.15, 0.2) is 16.4 Å². The first-order valence-corrected chi connectivity index (χ1v) is 9.90. The van der Waals surface area contributed by atoms with Crippen LogP contribution in [-0.4, -0.2) is 19.0 Å². The zero-order valence-corrected chi connectivity index (χ0v) is 17.0. The van der Waals surface area contributed by atoms with Crippen molar-refractivity contribution in [2.24, 2.45) is 0 Å². The third-order valence-corrected chi connectivity index (χ3v) is 5.17. The van der Waals surface area contributed by atoms with Gasteiger partial charge in [-0.1, -0.05) is 23.7 Å². The van der Waals surface area contributed by atoms with Crippen LogP contribution in [0.5, 0.6) is 11.5 Å². The Kier molecular flexibility index (Phi) is 6.57. The quantitative estimate of drug-likeness (QED) is 0.382. The Morgan fingerprint density at radius 2 is 1.93 bits per heavy atom. The van der Waals surface area contributed by atoms with Crippen molar-refractivity contribution in [3.05, 3.63) is 74.9 Å². The summed E-state index contributed by atoms with van der Waals surface area (Å²) in [5.74, 6) is 0.148. The predicted octanol–water partition coefficient (Wildman–Crippen LogP) is 5.97. The molecular formula is C20H15Cl2NO4S. The summed E-state index contributed by atoms with van der Waals surface area (Å²) >= 11 is 13.1. The van der Waals surface area contributed by atoms with E-state index in [1.165, 1.54) is 18.4 Å². The summed E-state index contributed by atoms with van der Waals surface area (Å²) < 4.78 is 10.6. The van der Waals surface area contributed by atoms with E-state index in [9.17, 15) is 9.59 Å². The Hall–Kier alpha value is -2.54. The van der Waals surface area contributed by atoms with Gasteiger partial charge in [0, 0.05) is 16.5 Å². The molecule has 0 fully saturated rings. The molecule has 0 spiro atoms. The van der Waals surface area contributed by atoms with Crippen LogP contribution in [0.15, 0.2) is 53.9 Å². The summed E-state index contributed by atoms with van der Waals surface area (Å²) in [6, 6.07) is 13.5. The summed E-state index contributed by atoms with van der Waals surface area (Å²) in [6.07, 6.45) is 0. The van der Waals surface area contributed by atoms with Crippen molar-refractivity contribution in [2.75, 3.05) is 12.4 Å². The molecular weight excluding hydrogens is 421 g/mol. The lowest BCUT2D eigenvalue weighted by atomic mass is 10.1. The van der Waals surface area contributed by atoms with Gasteiger partial charge >= 0.3 is 5.97 Å². The molecule has 3 aromatic rings. The van der Waals surface area contributed by atoms with Crippen LogP contribution in [0.25, 0.3) is 0 Å². The molecule has 0 bridgehead atoms. The lowest BCUT2D eigenvalue weighted by molar-refractivity contribution is 0.0603. The zero-order valence-electron chi connectivity index (χ0n) is 14.7. The largest absolute Gasteiger partial charge is 0.465 e. The van der Waals surface area contributed by atoms with Gasteiger partial charge in [-0.05, 0) is 47.3 Å². The fraction of sp³-hybridized carbons (Fsp3) is 0.100. The molecule has 8 heteroatoms. The highest BCUT2D eigenvalue weighted by Gasteiger charge is 2.18. The standard InChI is InChI=1S/C20H15Cl2NO4S/c1-26-20(25)18-17(7-8-28-18)27-16-6-5-14(22)10-15(16)23-19(24)13-4-2-3-12(9-13)11-21/h2-10H,11H2,1H3,(H,23,24). The third-order valence-electron chi connectivity index (χ3n) is 3.75. The molecule has 1 heterocycles. The number of methoxy groups -OCH3 is 1. The second-order valence-electron chi connectivity index (χ2n) is 5.64. The number of benzene rings is 2. The third kappa shape index (κ3) is 4.65. The van der Waals surface area contributed by atoms with Gasteiger partial charge in [-0.25, -0.2) is 4.79 Å². The SMILES string of the molecule is COC(=O)c1sccc1Oc1ccc(Cl)cc1NC(=O)c1cccc(CCl)c1. The molecule has 0 aliphatic carbocycles. The van der Waals surface area contributed by atoms with Crippen molar-refractivity contribution >= 4 is 52.1 Å². The fourth-order valence-electron chi connectivity index (χ4n) is 2.42. The van der Waals surface area contributed by atoms with Gasteiger partial charge in [-0.3, -0.25) is 4.79 Å². The maximum Gasteiger partial charge on any atom is 0.351 e. The topological polar surface area (TPSA) is 64.6 Å². The van der Waals surface area contributed by atoms with E-state index < -0.39 is 5.97 Å². The van der Waals surface area contributed by atoms with E-state index in [0.717, 1.165) is 5.56 Å². The van der Waals surface area contributed by atoms with Crippen LogP contribution in [0.3, 0.4) is 0 Å². The van der Waals surface area contributed by atoms with Crippen molar-refractivity contribution in [2.45, 2.75) is 5.88 Å². The van der Waals surface area contributed by atoms with Crippen molar-refractivity contribution < 1.29 is 19.1 Å². The second-order valence-corrected chi connectivity index (χ2v) is 7.26. The number of esters is 1. The van der Waals surface area contributed by atoms with Gasteiger partial charge < -0.3 is 14.8 Å². The van der Waals surface area contributed by atoms with Crippen molar-refractivity contribution in [1.29, 1.82) is 0 Å². The van der Waals surface area contributed by atoms with Gasteiger partial charge in [0.05, 0.1) is 12.8 Å². The fourth-order valence-corrected chi connectivity index (χ4v) is 3.49. The minimum absolute atomic E-state index is 0.307. The Bertz CT molecular complexity index is 1020. The lowest BCUT2D eigenvalue weighted by Crippen LogP contribution is -2.13. The van der Waals surface area contributed by atoms with E-state index in [0.29, 0.717) is 38.5 Å². The van der Waals surface area contributed by atoms with Gasteiger partial charge in [0.2, 0.25) is 0 Å². The number of nitrogens with one attached hydrogen (secondary N) is 1. The molecule has 1 aromatic heterocycles. The minimum Gasteiger partial charge on any atom is -0.465 e. The van der Waals surface area contributed by atoms with Crippen LogP contribution in [0, 0.1) is 0 Å². The van der Waals surface area contributed by atoms with Crippen LogP contribution in [0.2, 0.25) is 5.02 Å². The van der Waals surface area contributed by atoms with Crippen LogP contribution >= 0.6 is 34.5 Å². The van der Waals surface area contributed by atoms with E-state index in [2.05, 4.69) is 5.32 Å². The molecule has 2 aromatic carbocycles. The normalized spacial score (nSPS) is 10.4. The van der Waals surface area contributed by atoms with Gasteiger partial charge in [0.1, 0.15) is 0 Å². The Labute approximate surface area is 175 Å². The van der Waals surface area contributed by atoms with Crippen molar-refractivity contribution in [1.82, 2.24) is 0 Å². The van der Waals surface area contributed by atoms with E-state index in [1.807, 2.05) is 6.07 Å². The average Bonchev–Trinajstić information content (AvgIpc) is 3.17. The van der Waals surface area contributed by atoms with Crippen molar-refractivity contribution in [3.8, 4) is 11.5 Å². The number of carbonyl (C=O) groups excluding carboxylic acids is 2. The first kappa shape index (κ1) is 20.2. The molecule has 0 unspecified atom stereocenters. The number of carbonyl (C=O) groups is 2. The number of anilines is 1. The number of amides is 1. The summed E-state index contributed by atoms with van der Waals surface area (Å²) in [5.41, 5.74) is 1.66. The summed E-state index contributed by atoms with van der Waals surface area (Å²) in [4.78, 5) is 24.8. The molecule has 0 saturated heterocycles. The molecule has 0 saturated carbocycles. The number of hydrogen-bond acceptors (Lipinski definition) is 5. The maximum atomic E-state index is 12.6. The van der Waals surface area contributed by atoms with Gasteiger partial charge in [0.25, 0.3) is 5.91 Å². The molecule has 0 radical (unpaired) electrons. The highest BCUT2D eigenvalue weighted by atomic mass is 35.5. The highest BCUT2D eigenvalue weighted by molar-refractivity contribution is 7.12. The molecule has 1 N–H and O–H groups in total. The van der Waals surface area contributed by atoms with E-state index in [4.69, 9.17) is 32.7 Å². The first-order chi connectivity index (χ1) is 13.5. The molecule has 0 aliphatic heterocycles. The van der Waals surface area contributed by atoms with Crippen LogP contribution in [-0.2, 0) is 10.6 Å². The lowest BCUT2D eigenvalue weighted by Gasteiger charge is -2.13. The molecule has 144 valence electrons. The minimum atomic E-state index is -0.498. The number of hydrogen-bond donors (Lipinski definition) is 1. The van der Waals surface area contributed by atoms with Crippen molar-refractivity contribution in [3.63, 3.8) is 0 Å². The van der Waals surface area contributed by atoms with E-state index >= 15 is 0 Å². The van der Waals surface area contributed by atoms with E-state index in [1.54, 1.807) is 47.8 Å². The highest BCUT2D eigenvalue weighted by Crippen LogP contribution is 2.36. The molecule has 0 atom stereocenters. The van der Waals surface area contributed by atoms with Crippen LogP contribution < -0.4 is 10.1 Å². The summed E-state index contributed by atoms with van der Waals surface area (Å²) in [7, 11) is 1.30. The Morgan fingerprint density at radius 1 is 1.11 bits per heavy atom. The van der Waals surface area contributed by atoms with Gasteiger partial charge in [-0.2, -0.15) is 0 Å². The predicted molar refractivity (Wildman–Crippen MR) is 111 cm³/mol. The summed E-state index contributed by atoms with van der Waals surface area (Å²) in [5, 5.41) is 4.93. The Balaban J connectivity index is 1.88. The van der Waals surface area contributed by atoms with Gasteiger partial charge in [-0.15, -0.1) is 22.9 Å². The van der Waals surface area contributed by atoms with Crippen LogP contribution in [0.1, 0.15) is 25.6 Å². The number of rotatable bonds is 6. The molecule has 0 aliphatic rings. The second kappa shape index (κ2) is 9.10. The molecule has 5 nitrogen and oxygen atoms in total. The number of halogens is 2.